The molecule has 0 bridgehead atoms. The fourth-order valence-electron chi connectivity index (χ4n) is 2.17. The minimum atomic E-state index is -0.585. The monoisotopic (exact) mass is 321 g/mol. The average molecular weight is 322 g/mol. The number of carbonyl (C=O) groups is 1. The predicted molar refractivity (Wildman–Crippen MR) is 87.8 cm³/mol. The molecule has 4 heteroatoms. The topological polar surface area (TPSA) is 29.1 Å². The molecule has 0 fully saturated rings. The first-order valence-electron chi connectivity index (χ1n) is 6.70. The number of hydrogen-bond acceptors (Lipinski definition) is 1. The maximum atomic E-state index is 12.3. The van der Waals surface area contributed by atoms with E-state index in [4.69, 9.17) is 23.2 Å². The SMILES string of the molecule is CC(CCl)(NC(=O)Cc1cccc(Cl)c1)c1ccccc1. The number of alkyl halides is 1. The van der Waals surface area contributed by atoms with Gasteiger partial charge >= 0.3 is 0 Å². The van der Waals surface area contributed by atoms with Crippen LogP contribution >= 0.6 is 23.2 Å². The Morgan fingerprint density at radius 2 is 1.86 bits per heavy atom. The lowest BCUT2D eigenvalue weighted by Crippen LogP contribution is -2.45. The van der Waals surface area contributed by atoms with E-state index in [1.165, 1.54) is 0 Å². The lowest BCUT2D eigenvalue weighted by atomic mass is 9.93. The summed E-state index contributed by atoms with van der Waals surface area (Å²) in [5.41, 5.74) is 1.28. The lowest BCUT2D eigenvalue weighted by molar-refractivity contribution is -0.122. The van der Waals surface area contributed by atoms with Gasteiger partial charge in [-0.2, -0.15) is 0 Å². The summed E-state index contributed by atoms with van der Waals surface area (Å²) in [4.78, 5) is 12.3. The highest BCUT2D eigenvalue weighted by Crippen LogP contribution is 2.22. The Kier molecular flexibility index (Phi) is 5.27. The zero-order valence-corrected chi connectivity index (χ0v) is 13.3. The van der Waals surface area contributed by atoms with E-state index in [2.05, 4.69) is 5.32 Å². The van der Waals surface area contributed by atoms with Crippen LogP contribution in [-0.2, 0) is 16.8 Å². The van der Waals surface area contributed by atoms with Crippen molar-refractivity contribution in [3.05, 3.63) is 70.7 Å². The van der Waals surface area contributed by atoms with Gasteiger partial charge in [-0.05, 0) is 30.2 Å². The van der Waals surface area contributed by atoms with Gasteiger partial charge in [0.15, 0.2) is 0 Å². The van der Waals surface area contributed by atoms with E-state index in [0.717, 1.165) is 11.1 Å². The maximum absolute atomic E-state index is 12.3. The zero-order chi connectivity index (χ0) is 15.3. The van der Waals surface area contributed by atoms with Crippen LogP contribution in [0.2, 0.25) is 5.02 Å². The average Bonchev–Trinajstić information content (AvgIpc) is 2.48. The van der Waals surface area contributed by atoms with E-state index in [-0.39, 0.29) is 12.3 Å². The van der Waals surface area contributed by atoms with Gasteiger partial charge in [-0.3, -0.25) is 4.79 Å². The van der Waals surface area contributed by atoms with Gasteiger partial charge in [-0.25, -0.2) is 0 Å². The summed E-state index contributed by atoms with van der Waals surface area (Å²) in [6.07, 6.45) is 0.278. The van der Waals surface area contributed by atoms with E-state index in [0.29, 0.717) is 10.9 Å². The Balaban J connectivity index is 2.10. The largest absolute Gasteiger partial charge is 0.345 e. The van der Waals surface area contributed by atoms with Crippen LogP contribution in [0.3, 0.4) is 0 Å². The summed E-state index contributed by atoms with van der Waals surface area (Å²) >= 11 is 12.0. The molecule has 0 aliphatic rings. The van der Waals surface area contributed by atoms with Gasteiger partial charge in [0.2, 0.25) is 5.91 Å². The van der Waals surface area contributed by atoms with Crippen molar-refractivity contribution in [2.24, 2.45) is 0 Å². The molecule has 0 saturated carbocycles. The van der Waals surface area contributed by atoms with Gasteiger partial charge in [-0.1, -0.05) is 54.1 Å². The van der Waals surface area contributed by atoms with Crippen molar-refractivity contribution in [3.8, 4) is 0 Å². The van der Waals surface area contributed by atoms with Crippen LogP contribution in [0.1, 0.15) is 18.1 Å². The quantitative estimate of drug-likeness (QED) is 0.823. The molecule has 1 amide bonds. The standard InChI is InChI=1S/C17H17Cl2NO/c1-17(12-18,14-7-3-2-4-8-14)20-16(21)11-13-6-5-9-15(19)10-13/h2-10H,11-12H2,1H3,(H,20,21). The van der Waals surface area contributed by atoms with Crippen molar-refractivity contribution >= 4 is 29.1 Å². The Bertz CT molecular complexity index is 615. The van der Waals surface area contributed by atoms with Crippen molar-refractivity contribution in [3.63, 3.8) is 0 Å². The molecule has 0 aromatic heterocycles. The maximum Gasteiger partial charge on any atom is 0.225 e. The summed E-state index contributed by atoms with van der Waals surface area (Å²) < 4.78 is 0. The number of hydrogen-bond donors (Lipinski definition) is 1. The minimum absolute atomic E-state index is 0.0794. The molecule has 21 heavy (non-hydrogen) atoms. The van der Waals surface area contributed by atoms with E-state index in [9.17, 15) is 4.79 Å². The van der Waals surface area contributed by atoms with Crippen LogP contribution in [0.25, 0.3) is 0 Å². The Hall–Kier alpha value is -1.51. The first kappa shape index (κ1) is 15.9. The van der Waals surface area contributed by atoms with Crippen molar-refractivity contribution < 1.29 is 4.79 Å². The molecule has 1 atom stereocenters. The molecule has 0 aliphatic heterocycles. The second-order valence-corrected chi connectivity index (χ2v) is 5.89. The molecule has 1 N–H and O–H groups in total. The third-order valence-corrected chi connectivity index (χ3v) is 4.12. The second-order valence-electron chi connectivity index (χ2n) is 5.19. The fourth-order valence-corrected chi connectivity index (χ4v) is 2.61. The van der Waals surface area contributed by atoms with Crippen LogP contribution in [0.5, 0.6) is 0 Å². The fraction of sp³-hybridized carbons (Fsp3) is 0.235. The molecule has 110 valence electrons. The third kappa shape index (κ3) is 4.23. The lowest BCUT2D eigenvalue weighted by Gasteiger charge is -2.29. The molecule has 0 aliphatic carbocycles. The highest BCUT2D eigenvalue weighted by Gasteiger charge is 2.27. The van der Waals surface area contributed by atoms with Crippen LogP contribution in [0.4, 0.5) is 0 Å². The summed E-state index contributed by atoms with van der Waals surface area (Å²) in [6, 6.07) is 17.0. The number of benzene rings is 2. The molecular formula is C17H17Cl2NO. The summed E-state index contributed by atoms with van der Waals surface area (Å²) in [5, 5.41) is 3.64. The molecule has 0 heterocycles. The van der Waals surface area contributed by atoms with Gasteiger partial charge in [0.05, 0.1) is 12.0 Å². The number of rotatable bonds is 5. The third-order valence-electron chi connectivity index (χ3n) is 3.35. The normalized spacial score (nSPS) is 13.5. The van der Waals surface area contributed by atoms with Gasteiger partial charge < -0.3 is 5.32 Å². The minimum Gasteiger partial charge on any atom is -0.345 e. The molecular weight excluding hydrogens is 305 g/mol. The first-order valence-corrected chi connectivity index (χ1v) is 7.62. The first-order chi connectivity index (χ1) is 10.0. The van der Waals surface area contributed by atoms with Crippen LogP contribution < -0.4 is 5.32 Å². The van der Waals surface area contributed by atoms with Crippen LogP contribution in [0.15, 0.2) is 54.6 Å². The van der Waals surface area contributed by atoms with Gasteiger partial charge in [0.1, 0.15) is 0 Å². The molecule has 1 unspecified atom stereocenters. The number of carbonyl (C=O) groups excluding carboxylic acids is 1. The molecule has 2 aromatic rings. The van der Waals surface area contributed by atoms with E-state index in [1.54, 1.807) is 12.1 Å². The van der Waals surface area contributed by atoms with E-state index < -0.39 is 5.54 Å². The second kappa shape index (κ2) is 6.97. The number of amides is 1. The molecule has 0 spiro atoms. The van der Waals surface area contributed by atoms with Crippen molar-refractivity contribution in [2.75, 3.05) is 5.88 Å². The Morgan fingerprint density at radius 1 is 1.14 bits per heavy atom. The van der Waals surface area contributed by atoms with Crippen molar-refractivity contribution in [1.82, 2.24) is 5.32 Å². The van der Waals surface area contributed by atoms with Crippen LogP contribution in [0, 0.1) is 0 Å². The predicted octanol–water partition coefficient (Wildman–Crippen LogP) is 4.15. The smallest absolute Gasteiger partial charge is 0.225 e. The zero-order valence-electron chi connectivity index (χ0n) is 11.8. The number of halogens is 2. The highest BCUT2D eigenvalue weighted by atomic mass is 35.5. The summed E-state index contributed by atoms with van der Waals surface area (Å²) in [5.74, 6) is 0.224. The summed E-state index contributed by atoms with van der Waals surface area (Å²) in [7, 11) is 0. The Labute approximate surface area is 135 Å². The van der Waals surface area contributed by atoms with Gasteiger partial charge in [0.25, 0.3) is 0 Å². The molecule has 0 radical (unpaired) electrons. The van der Waals surface area contributed by atoms with Crippen LogP contribution in [-0.4, -0.2) is 11.8 Å². The van der Waals surface area contributed by atoms with E-state index in [1.807, 2.05) is 49.4 Å². The van der Waals surface area contributed by atoms with Crippen molar-refractivity contribution in [2.45, 2.75) is 18.9 Å². The molecule has 2 rings (SSSR count). The van der Waals surface area contributed by atoms with Gasteiger partial charge in [-0.15, -0.1) is 11.6 Å². The van der Waals surface area contributed by atoms with Crippen molar-refractivity contribution in [1.29, 1.82) is 0 Å². The molecule has 0 saturated heterocycles. The molecule has 2 nitrogen and oxygen atoms in total. The summed E-state index contributed by atoms with van der Waals surface area (Å²) in [6.45, 7) is 1.92. The Morgan fingerprint density at radius 3 is 2.48 bits per heavy atom. The van der Waals surface area contributed by atoms with E-state index >= 15 is 0 Å². The highest BCUT2D eigenvalue weighted by molar-refractivity contribution is 6.30. The molecule has 2 aromatic carbocycles. The van der Waals surface area contributed by atoms with Gasteiger partial charge in [0, 0.05) is 10.9 Å². The number of nitrogens with one attached hydrogen (secondary N) is 1.